The molecule has 0 radical (unpaired) electrons. The molecule has 144 valence electrons. The highest BCUT2D eigenvalue weighted by atomic mass is 32.2. The van der Waals surface area contributed by atoms with E-state index in [2.05, 4.69) is 16.6 Å². The van der Waals surface area contributed by atoms with Crippen molar-refractivity contribution in [2.45, 2.75) is 23.6 Å². The summed E-state index contributed by atoms with van der Waals surface area (Å²) in [5, 5.41) is 9.00. The molecule has 1 aromatic heterocycles. The minimum Gasteiger partial charge on any atom is -0.481 e. The minimum absolute atomic E-state index is 0.116. The summed E-state index contributed by atoms with van der Waals surface area (Å²) in [5.41, 5.74) is 1.96. The van der Waals surface area contributed by atoms with Gasteiger partial charge in [-0.3, -0.25) is 4.79 Å². The largest absolute Gasteiger partial charge is 0.481 e. The van der Waals surface area contributed by atoms with Gasteiger partial charge in [0.15, 0.2) is 0 Å². The third-order valence-electron chi connectivity index (χ3n) is 3.52. The van der Waals surface area contributed by atoms with Crippen molar-refractivity contribution >= 4 is 27.3 Å². The second-order valence-electron chi connectivity index (χ2n) is 6.42. The van der Waals surface area contributed by atoms with Crippen molar-refractivity contribution in [3.05, 3.63) is 52.4 Å². The Morgan fingerprint density at radius 2 is 2.00 bits per heavy atom. The number of carbonyl (C=O) groups is 1. The number of aliphatic carboxylic acids is 1. The lowest BCUT2D eigenvalue weighted by Crippen LogP contribution is -2.42. The summed E-state index contributed by atoms with van der Waals surface area (Å²) in [7, 11) is -0.294. The van der Waals surface area contributed by atoms with E-state index in [1.165, 1.54) is 6.07 Å². The summed E-state index contributed by atoms with van der Waals surface area (Å²) in [6, 6.07) is 10.2. The molecule has 0 amide bonds. The summed E-state index contributed by atoms with van der Waals surface area (Å²) in [6.45, 7) is 2.27. The summed E-state index contributed by atoms with van der Waals surface area (Å²) < 4.78 is 27.7. The zero-order valence-corrected chi connectivity index (χ0v) is 17.0. The number of hydrogen-bond acceptors (Lipinski definition) is 5. The fourth-order valence-electron chi connectivity index (χ4n) is 2.46. The van der Waals surface area contributed by atoms with Crippen molar-refractivity contribution in [3.8, 4) is 11.8 Å². The Morgan fingerprint density at radius 3 is 2.63 bits per heavy atom. The predicted octanol–water partition coefficient (Wildman–Crippen LogP) is 2.14. The molecule has 0 saturated heterocycles. The first-order valence-corrected chi connectivity index (χ1v) is 10.5. The van der Waals surface area contributed by atoms with Gasteiger partial charge in [-0.1, -0.05) is 24.0 Å². The van der Waals surface area contributed by atoms with Crippen molar-refractivity contribution in [1.29, 1.82) is 0 Å². The van der Waals surface area contributed by atoms with Gasteiger partial charge in [0.2, 0.25) is 10.0 Å². The van der Waals surface area contributed by atoms with Gasteiger partial charge in [0, 0.05) is 18.2 Å². The van der Waals surface area contributed by atoms with E-state index in [9.17, 15) is 13.2 Å². The number of aryl methyl sites for hydroxylation is 1. The standard InChI is InChI=1S/C19H22N2O4S2/c1-14-5-4-6-15(11-14)7-8-17-9-10-19(26-17)27(24,25)20-16(12-18(22)23)13-21(2)3/h4-6,9-11,16,20H,12-13H2,1-3H3,(H,22,23). The van der Waals surface area contributed by atoms with E-state index < -0.39 is 22.0 Å². The quantitative estimate of drug-likeness (QED) is 0.688. The first-order valence-electron chi connectivity index (χ1n) is 8.23. The molecular weight excluding hydrogens is 384 g/mol. The number of nitrogens with one attached hydrogen (secondary N) is 1. The van der Waals surface area contributed by atoms with Gasteiger partial charge in [-0.05, 0) is 50.8 Å². The van der Waals surface area contributed by atoms with Crippen LogP contribution in [0.25, 0.3) is 0 Å². The van der Waals surface area contributed by atoms with E-state index in [1.807, 2.05) is 31.2 Å². The van der Waals surface area contributed by atoms with Crippen LogP contribution in [-0.2, 0) is 14.8 Å². The second-order valence-corrected chi connectivity index (χ2v) is 9.44. The van der Waals surface area contributed by atoms with Gasteiger partial charge < -0.3 is 10.0 Å². The molecule has 0 spiro atoms. The Labute approximate surface area is 163 Å². The summed E-state index contributed by atoms with van der Waals surface area (Å²) in [5.74, 6) is 4.94. The Kier molecular flexibility index (Phi) is 7.16. The van der Waals surface area contributed by atoms with Crippen LogP contribution in [0.3, 0.4) is 0 Å². The number of rotatable bonds is 7. The number of benzene rings is 1. The lowest BCUT2D eigenvalue weighted by molar-refractivity contribution is -0.137. The average Bonchev–Trinajstić information content (AvgIpc) is 3.01. The maximum absolute atomic E-state index is 12.6. The Balaban J connectivity index is 2.16. The minimum atomic E-state index is -3.81. The van der Waals surface area contributed by atoms with Crippen LogP contribution in [0.4, 0.5) is 0 Å². The smallest absolute Gasteiger partial charge is 0.305 e. The number of carboxylic acids is 1. The highest BCUT2D eigenvalue weighted by Gasteiger charge is 2.24. The Morgan fingerprint density at radius 1 is 1.26 bits per heavy atom. The zero-order chi connectivity index (χ0) is 20.0. The predicted molar refractivity (Wildman–Crippen MR) is 106 cm³/mol. The van der Waals surface area contributed by atoms with Crippen molar-refractivity contribution in [1.82, 2.24) is 9.62 Å². The normalized spacial score (nSPS) is 12.4. The SMILES string of the molecule is Cc1cccc(C#Cc2ccc(S(=O)(=O)NC(CC(=O)O)CN(C)C)s2)c1. The van der Waals surface area contributed by atoms with Crippen LogP contribution in [0.1, 0.15) is 22.4 Å². The van der Waals surface area contributed by atoms with E-state index in [4.69, 9.17) is 5.11 Å². The molecule has 0 aliphatic carbocycles. The molecule has 27 heavy (non-hydrogen) atoms. The highest BCUT2D eigenvalue weighted by Crippen LogP contribution is 2.21. The van der Waals surface area contributed by atoms with Crippen LogP contribution in [0, 0.1) is 18.8 Å². The molecule has 1 heterocycles. The Bertz CT molecular complexity index is 969. The zero-order valence-electron chi connectivity index (χ0n) is 15.4. The van der Waals surface area contributed by atoms with Crippen molar-refractivity contribution in [2.24, 2.45) is 0 Å². The van der Waals surface area contributed by atoms with Crippen molar-refractivity contribution in [3.63, 3.8) is 0 Å². The molecule has 0 aliphatic rings. The van der Waals surface area contributed by atoms with Crippen LogP contribution in [0.2, 0.25) is 0 Å². The van der Waals surface area contributed by atoms with Gasteiger partial charge in [-0.15, -0.1) is 11.3 Å². The fourth-order valence-corrected chi connectivity index (χ4v) is 4.86. The molecule has 1 unspecified atom stereocenters. The topological polar surface area (TPSA) is 86.7 Å². The molecule has 2 rings (SSSR count). The number of likely N-dealkylation sites (N-methyl/N-ethyl adjacent to an activating group) is 1. The molecule has 6 nitrogen and oxygen atoms in total. The van der Waals surface area contributed by atoms with Gasteiger partial charge in [-0.25, -0.2) is 13.1 Å². The fraction of sp³-hybridized carbons (Fsp3) is 0.316. The average molecular weight is 407 g/mol. The first kappa shape index (κ1) is 21.1. The molecule has 2 aromatic rings. The maximum atomic E-state index is 12.6. The molecule has 2 N–H and O–H groups in total. The molecule has 0 aliphatic heterocycles. The van der Waals surface area contributed by atoms with Crippen LogP contribution < -0.4 is 4.72 Å². The molecule has 8 heteroatoms. The van der Waals surface area contributed by atoms with E-state index >= 15 is 0 Å². The number of hydrogen-bond donors (Lipinski definition) is 2. The van der Waals surface area contributed by atoms with Crippen molar-refractivity contribution < 1.29 is 18.3 Å². The summed E-state index contributed by atoms with van der Waals surface area (Å²) in [6.07, 6.45) is -0.289. The highest BCUT2D eigenvalue weighted by molar-refractivity contribution is 7.91. The van der Waals surface area contributed by atoms with Crippen LogP contribution >= 0.6 is 11.3 Å². The second kappa shape index (κ2) is 9.15. The molecule has 1 aromatic carbocycles. The van der Waals surface area contributed by atoms with Gasteiger partial charge in [-0.2, -0.15) is 0 Å². The van der Waals surface area contributed by atoms with Gasteiger partial charge in [0.1, 0.15) is 4.21 Å². The first-order chi connectivity index (χ1) is 12.7. The number of carboxylic acid groups (broad SMARTS) is 1. The van der Waals surface area contributed by atoms with E-state index in [0.717, 1.165) is 22.5 Å². The summed E-state index contributed by atoms with van der Waals surface area (Å²) >= 11 is 1.06. The third kappa shape index (κ3) is 6.81. The van der Waals surface area contributed by atoms with Crippen LogP contribution in [-0.4, -0.2) is 51.1 Å². The maximum Gasteiger partial charge on any atom is 0.305 e. The monoisotopic (exact) mass is 406 g/mol. The molecule has 0 bridgehead atoms. The van der Waals surface area contributed by atoms with E-state index in [-0.39, 0.29) is 17.2 Å². The van der Waals surface area contributed by atoms with E-state index in [0.29, 0.717) is 4.88 Å². The molecule has 1 atom stereocenters. The van der Waals surface area contributed by atoms with Gasteiger partial charge in [0.05, 0.1) is 11.3 Å². The van der Waals surface area contributed by atoms with E-state index in [1.54, 1.807) is 25.1 Å². The lowest BCUT2D eigenvalue weighted by Gasteiger charge is -2.20. The van der Waals surface area contributed by atoms with Crippen LogP contribution in [0.15, 0.2) is 40.6 Å². The Hall–Kier alpha value is -2.18. The van der Waals surface area contributed by atoms with Gasteiger partial charge >= 0.3 is 5.97 Å². The van der Waals surface area contributed by atoms with Crippen molar-refractivity contribution in [2.75, 3.05) is 20.6 Å². The lowest BCUT2D eigenvalue weighted by atomic mass is 10.1. The number of thiophene rings is 1. The van der Waals surface area contributed by atoms with Crippen LogP contribution in [0.5, 0.6) is 0 Å². The molecule has 0 saturated carbocycles. The number of nitrogens with zero attached hydrogens (tertiary/aromatic N) is 1. The summed E-state index contributed by atoms with van der Waals surface area (Å²) in [4.78, 5) is 13.4. The molecular formula is C19H22N2O4S2. The molecule has 0 fully saturated rings. The van der Waals surface area contributed by atoms with Gasteiger partial charge in [0.25, 0.3) is 0 Å². The number of sulfonamides is 1. The third-order valence-corrected chi connectivity index (χ3v) is 6.54.